The minimum atomic E-state index is -0.881. The SMILES string of the molecule is CC1(C(=O)n2nc3c(c2N)CC(N)CC3)CCNc2c(F)cccc21. The van der Waals surface area contributed by atoms with E-state index in [4.69, 9.17) is 11.5 Å². The highest BCUT2D eigenvalue weighted by Gasteiger charge is 2.42. The lowest BCUT2D eigenvalue weighted by Crippen LogP contribution is -2.42. The lowest BCUT2D eigenvalue weighted by atomic mass is 9.75. The van der Waals surface area contributed by atoms with E-state index in [0.29, 0.717) is 36.5 Å². The highest BCUT2D eigenvalue weighted by atomic mass is 19.1. The topological polar surface area (TPSA) is 99.0 Å². The Bertz CT molecular complexity index is 861. The van der Waals surface area contributed by atoms with Crippen molar-refractivity contribution in [3.05, 3.63) is 40.8 Å². The summed E-state index contributed by atoms with van der Waals surface area (Å²) in [5.41, 5.74) is 14.1. The summed E-state index contributed by atoms with van der Waals surface area (Å²) in [5, 5.41) is 7.53. The summed E-state index contributed by atoms with van der Waals surface area (Å²) in [6.07, 6.45) is 2.75. The van der Waals surface area contributed by atoms with E-state index in [0.717, 1.165) is 24.1 Å². The Kier molecular flexibility index (Phi) is 3.57. The van der Waals surface area contributed by atoms with Gasteiger partial charge in [0.1, 0.15) is 11.6 Å². The largest absolute Gasteiger partial charge is 0.383 e. The zero-order valence-electron chi connectivity index (χ0n) is 14.2. The molecule has 2 aromatic rings. The summed E-state index contributed by atoms with van der Waals surface area (Å²) in [6, 6.07) is 4.86. The Balaban J connectivity index is 1.79. The van der Waals surface area contributed by atoms with Crippen molar-refractivity contribution in [2.24, 2.45) is 5.73 Å². The van der Waals surface area contributed by atoms with Gasteiger partial charge < -0.3 is 16.8 Å². The number of nitrogen functional groups attached to an aromatic ring is 1. The van der Waals surface area contributed by atoms with Crippen molar-refractivity contribution >= 4 is 17.4 Å². The van der Waals surface area contributed by atoms with Crippen LogP contribution in [0.5, 0.6) is 0 Å². The van der Waals surface area contributed by atoms with Gasteiger partial charge in [0.25, 0.3) is 5.91 Å². The highest BCUT2D eigenvalue weighted by Crippen LogP contribution is 2.40. The molecule has 7 heteroatoms. The first kappa shape index (κ1) is 16.1. The number of para-hydroxylation sites is 1. The van der Waals surface area contributed by atoms with Crippen LogP contribution < -0.4 is 16.8 Å². The van der Waals surface area contributed by atoms with E-state index in [9.17, 15) is 9.18 Å². The van der Waals surface area contributed by atoms with Gasteiger partial charge in [-0.15, -0.1) is 0 Å². The third-order valence-electron chi connectivity index (χ3n) is 5.52. The van der Waals surface area contributed by atoms with Gasteiger partial charge in [-0.1, -0.05) is 12.1 Å². The molecule has 2 aliphatic rings. The van der Waals surface area contributed by atoms with Crippen molar-refractivity contribution in [1.29, 1.82) is 0 Å². The lowest BCUT2D eigenvalue weighted by molar-refractivity contribution is 0.0785. The van der Waals surface area contributed by atoms with Crippen LogP contribution in [-0.4, -0.2) is 28.3 Å². The van der Waals surface area contributed by atoms with Crippen LogP contribution in [0.3, 0.4) is 0 Å². The van der Waals surface area contributed by atoms with Crippen molar-refractivity contribution in [2.75, 3.05) is 17.6 Å². The maximum absolute atomic E-state index is 14.2. The van der Waals surface area contributed by atoms with Gasteiger partial charge in [-0.3, -0.25) is 4.79 Å². The molecule has 0 amide bonds. The molecule has 0 spiro atoms. The molecule has 0 radical (unpaired) electrons. The molecule has 2 unspecified atom stereocenters. The number of aryl methyl sites for hydroxylation is 1. The third-order valence-corrected chi connectivity index (χ3v) is 5.52. The molecule has 5 N–H and O–H groups in total. The number of fused-ring (bicyclic) bond motifs is 2. The number of carbonyl (C=O) groups is 1. The lowest BCUT2D eigenvalue weighted by Gasteiger charge is -2.35. The fraction of sp³-hybridized carbons (Fsp3) is 0.444. The molecular weight excluding hydrogens is 321 g/mol. The molecule has 1 aliphatic heterocycles. The van der Waals surface area contributed by atoms with Gasteiger partial charge in [0.15, 0.2) is 0 Å². The van der Waals surface area contributed by atoms with Gasteiger partial charge in [0, 0.05) is 18.2 Å². The second kappa shape index (κ2) is 5.56. The van der Waals surface area contributed by atoms with Crippen molar-refractivity contribution < 1.29 is 9.18 Å². The normalized spacial score (nSPS) is 25.0. The minimum Gasteiger partial charge on any atom is -0.383 e. The number of anilines is 2. The number of benzene rings is 1. The van der Waals surface area contributed by atoms with E-state index in [2.05, 4.69) is 10.4 Å². The summed E-state index contributed by atoms with van der Waals surface area (Å²) in [5.74, 6) is -0.205. The third kappa shape index (κ3) is 2.33. The zero-order chi connectivity index (χ0) is 17.8. The first-order valence-electron chi connectivity index (χ1n) is 8.61. The summed E-state index contributed by atoms with van der Waals surface area (Å²) in [4.78, 5) is 13.4. The Morgan fingerprint density at radius 3 is 3.08 bits per heavy atom. The van der Waals surface area contributed by atoms with E-state index >= 15 is 0 Å². The summed E-state index contributed by atoms with van der Waals surface area (Å²) in [7, 11) is 0. The van der Waals surface area contributed by atoms with Gasteiger partial charge in [-0.05, 0) is 44.2 Å². The van der Waals surface area contributed by atoms with Crippen LogP contribution in [0.2, 0.25) is 0 Å². The van der Waals surface area contributed by atoms with E-state index in [1.165, 1.54) is 10.7 Å². The summed E-state index contributed by atoms with van der Waals surface area (Å²) < 4.78 is 15.5. The summed E-state index contributed by atoms with van der Waals surface area (Å²) in [6.45, 7) is 2.35. The Morgan fingerprint density at radius 1 is 1.48 bits per heavy atom. The maximum Gasteiger partial charge on any atom is 0.259 e. The van der Waals surface area contributed by atoms with Crippen molar-refractivity contribution in [3.63, 3.8) is 0 Å². The molecule has 1 aliphatic carbocycles. The number of hydrogen-bond donors (Lipinski definition) is 3. The van der Waals surface area contributed by atoms with Crippen LogP contribution in [0.25, 0.3) is 0 Å². The monoisotopic (exact) mass is 343 g/mol. The first-order valence-corrected chi connectivity index (χ1v) is 8.61. The van der Waals surface area contributed by atoms with Crippen LogP contribution in [-0.2, 0) is 18.3 Å². The molecule has 0 saturated heterocycles. The first-order chi connectivity index (χ1) is 11.9. The van der Waals surface area contributed by atoms with Crippen LogP contribution in [0.4, 0.5) is 15.9 Å². The van der Waals surface area contributed by atoms with Crippen LogP contribution in [0.15, 0.2) is 18.2 Å². The molecule has 1 aromatic carbocycles. The number of nitrogens with zero attached hydrogens (tertiary/aromatic N) is 2. The molecule has 2 atom stereocenters. The Labute approximate surface area is 145 Å². The minimum absolute atomic E-state index is 0.0480. The molecule has 25 heavy (non-hydrogen) atoms. The molecule has 0 saturated carbocycles. The molecule has 0 fully saturated rings. The average Bonchev–Trinajstić information content (AvgIpc) is 2.92. The van der Waals surface area contributed by atoms with Crippen LogP contribution >= 0.6 is 0 Å². The number of nitrogens with two attached hydrogens (primary N) is 2. The molecule has 4 rings (SSSR count). The predicted octanol–water partition coefficient (Wildman–Crippen LogP) is 1.83. The fourth-order valence-corrected chi connectivity index (χ4v) is 3.97. The standard InChI is InChI=1S/C18H22FN5O/c1-18(7-8-22-15-12(18)3-2-4-13(15)19)17(25)24-16(21)11-9-10(20)5-6-14(11)23-24/h2-4,10,22H,5-9,20-21H2,1H3. The average molecular weight is 343 g/mol. The molecule has 0 bridgehead atoms. The number of aromatic nitrogens is 2. The molecule has 132 valence electrons. The predicted molar refractivity (Wildman–Crippen MR) is 94.1 cm³/mol. The van der Waals surface area contributed by atoms with Crippen LogP contribution in [0, 0.1) is 5.82 Å². The number of rotatable bonds is 1. The van der Waals surface area contributed by atoms with E-state index in [1.54, 1.807) is 12.1 Å². The zero-order valence-corrected chi connectivity index (χ0v) is 14.2. The van der Waals surface area contributed by atoms with Gasteiger partial charge in [-0.25, -0.2) is 4.39 Å². The second-order valence-corrected chi connectivity index (χ2v) is 7.20. The van der Waals surface area contributed by atoms with Crippen molar-refractivity contribution in [1.82, 2.24) is 9.78 Å². The Hall–Kier alpha value is -2.41. The molecule has 6 nitrogen and oxygen atoms in total. The smallest absolute Gasteiger partial charge is 0.259 e. The quantitative estimate of drug-likeness (QED) is 0.734. The second-order valence-electron chi connectivity index (χ2n) is 7.20. The molecule has 1 aromatic heterocycles. The number of halogens is 1. The number of hydrogen-bond acceptors (Lipinski definition) is 5. The maximum atomic E-state index is 14.2. The van der Waals surface area contributed by atoms with E-state index < -0.39 is 5.41 Å². The van der Waals surface area contributed by atoms with Crippen molar-refractivity contribution in [2.45, 2.75) is 44.1 Å². The Morgan fingerprint density at radius 2 is 2.28 bits per heavy atom. The van der Waals surface area contributed by atoms with Crippen molar-refractivity contribution in [3.8, 4) is 0 Å². The van der Waals surface area contributed by atoms with Gasteiger partial charge in [-0.2, -0.15) is 9.78 Å². The van der Waals surface area contributed by atoms with Crippen LogP contribution in [0.1, 0.15) is 41.4 Å². The summed E-state index contributed by atoms with van der Waals surface area (Å²) >= 11 is 0. The number of nitrogens with one attached hydrogen (secondary N) is 1. The number of carbonyl (C=O) groups excluding carboxylic acids is 1. The van der Waals surface area contributed by atoms with E-state index in [-0.39, 0.29) is 17.8 Å². The molecular formula is C18H22FN5O. The fourth-order valence-electron chi connectivity index (χ4n) is 3.97. The van der Waals surface area contributed by atoms with Gasteiger partial charge >= 0.3 is 0 Å². The van der Waals surface area contributed by atoms with Gasteiger partial charge in [0.05, 0.1) is 16.8 Å². The molecule has 2 heterocycles. The highest BCUT2D eigenvalue weighted by molar-refractivity contribution is 5.94. The van der Waals surface area contributed by atoms with E-state index in [1.807, 2.05) is 6.92 Å². The van der Waals surface area contributed by atoms with Gasteiger partial charge in [0.2, 0.25) is 0 Å².